The third kappa shape index (κ3) is 4.13. The van der Waals surface area contributed by atoms with Gasteiger partial charge in [-0.25, -0.2) is 0 Å². The summed E-state index contributed by atoms with van der Waals surface area (Å²) in [5, 5.41) is 0. The molecular weight excluding hydrogens is 266 g/mol. The first-order valence-corrected chi connectivity index (χ1v) is 7.76. The fourth-order valence-corrected chi connectivity index (χ4v) is 2.61. The first-order chi connectivity index (χ1) is 10.1. The van der Waals surface area contributed by atoms with Crippen molar-refractivity contribution in [2.75, 3.05) is 20.2 Å². The highest BCUT2D eigenvalue weighted by atomic mass is 16.5. The first kappa shape index (κ1) is 15.7. The lowest BCUT2D eigenvalue weighted by atomic mass is 10.1. The molecule has 0 saturated carbocycles. The van der Waals surface area contributed by atoms with Gasteiger partial charge in [-0.05, 0) is 44.9 Å². The molecule has 21 heavy (non-hydrogen) atoms. The summed E-state index contributed by atoms with van der Waals surface area (Å²) < 4.78 is 11.0. The molecule has 0 N–H and O–H groups in total. The molecule has 1 saturated heterocycles. The van der Waals surface area contributed by atoms with Crippen LogP contribution in [0.5, 0.6) is 11.5 Å². The molecule has 1 aliphatic rings. The summed E-state index contributed by atoms with van der Waals surface area (Å²) >= 11 is 0. The number of methoxy groups -OCH3 is 1. The third-order valence-electron chi connectivity index (χ3n) is 3.67. The van der Waals surface area contributed by atoms with Crippen molar-refractivity contribution >= 4 is 5.91 Å². The van der Waals surface area contributed by atoms with Gasteiger partial charge in [-0.1, -0.05) is 12.8 Å². The Bertz CT molecular complexity index is 477. The van der Waals surface area contributed by atoms with E-state index in [-0.39, 0.29) is 12.0 Å². The van der Waals surface area contributed by atoms with E-state index in [2.05, 4.69) is 0 Å². The van der Waals surface area contributed by atoms with Gasteiger partial charge in [0, 0.05) is 18.7 Å². The molecule has 1 fully saturated rings. The Morgan fingerprint density at radius 1 is 1.10 bits per heavy atom. The minimum atomic E-state index is 0.0751. The molecule has 0 bridgehead atoms. The van der Waals surface area contributed by atoms with Crippen molar-refractivity contribution in [3.8, 4) is 11.5 Å². The Morgan fingerprint density at radius 2 is 1.76 bits per heavy atom. The van der Waals surface area contributed by atoms with Gasteiger partial charge in [-0.3, -0.25) is 4.79 Å². The monoisotopic (exact) mass is 291 g/mol. The molecule has 1 aromatic rings. The van der Waals surface area contributed by atoms with E-state index in [0.717, 1.165) is 25.9 Å². The number of likely N-dealkylation sites (tertiary alicyclic amines) is 1. The van der Waals surface area contributed by atoms with E-state index in [0.29, 0.717) is 17.1 Å². The van der Waals surface area contributed by atoms with Crippen molar-refractivity contribution in [2.45, 2.75) is 45.6 Å². The van der Waals surface area contributed by atoms with Crippen LogP contribution in [0.15, 0.2) is 18.2 Å². The van der Waals surface area contributed by atoms with Gasteiger partial charge in [-0.15, -0.1) is 0 Å². The SMILES string of the molecule is COc1cc(C(=O)N2CCCCCC2)ccc1OC(C)C. The van der Waals surface area contributed by atoms with Crippen molar-refractivity contribution in [3.05, 3.63) is 23.8 Å². The zero-order valence-electron chi connectivity index (χ0n) is 13.2. The highest BCUT2D eigenvalue weighted by Crippen LogP contribution is 2.29. The van der Waals surface area contributed by atoms with Gasteiger partial charge in [-0.2, -0.15) is 0 Å². The molecule has 4 nitrogen and oxygen atoms in total. The molecule has 0 radical (unpaired) electrons. The molecule has 0 spiro atoms. The Labute approximate surface area is 127 Å². The Hall–Kier alpha value is -1.71. The van der Waals surface area contributed by atoms with Gasteiger partial charge in [0.05, 0.1) is 13.2 Å². The summed E-state index contributed by atoms with van der Waals surface area (Å²) in [5.41, 5.74) is 0.671. The van der Waals surface area contributed by atoms with Gasteiger partial charge in [0.1, 0.15) is 0 Å². The predicted octanol–water partition coefficient (Wildman–Crippen LogP) is 3.50. The predicted molar refractivity (Wildman–Crippen MR) is 83.1 cm³/mol. The normalized spacial score (nSPS) is 15.7. The van der Waals surface area contributed by atoms with Crippen LogP contribution in [0.3, 0.4) is 0 Å². The number of ether oxygens (including phenoxy) is 2. The highest BCUT2D eigenvalue weighted by molar-refractivity contribution is 5.95. The molecule has 1 aromatic carbocycles. The number of amides is 1. The quantitative estimate of drug-likeness (QED) is 0.852. The molecule has 4 heteroatoms. The zero-order chi connectivity index (χ0) is 15.2. The lowest BCUT2D eigenvalue weighted by Gasteiger charge is -2.21. The smallest absolute Gasteiger partial charge is 0.253 e. The second kappa shape index (κ2) is 7.34. The summed E-state index contributed by atoms with van der Waals surface area (Å²) in [6, 6.07) is 5.43. The molecule has 0 aromatic heterocycles. The number of nitrogens with zero attached hydrogens (tertiary/aromatic N) is 1. The van der Waals surface area contributed by atoms with Crippen LogP contribution in [0.2, 0.25) is 0 Å². The average Bonchev–Trinajstić information content (AvgIpc) is 2.75. The molecule has 2 rings (SSSR count). The van der Waals surface area contributed by atoms with Crippen LogP contribution in [0, 0.1) is 0 Å². The Balaban J connectivity index is 2.17. The van der Waals surface area contributed by atoms with Crippen LogP contribution in [-0.4, -0.2) is 37.1 Å². The first-order valence-electron chi connectivity index (χ1n) is 7.76. The largest absolute Gasteiger partial charge is 0.493 e. The number of benzene rings is 1. The molecule has 1 aliphatic heterocycles. The number of hydrogen-bond acceptors (Lipinski definition) is 3. The summed E-state index contributed by atoms with van der Waals surface area (Å²) in [5.74, 6) is 1.38. The maximum atomic E-state index is 12.6. The van der Waals surface area contributed by atoms with E-state index in [1.165, 1.54) is 12.8 Å². The van der Waals surface area contributed by atoms with Crippen molar-refractivity contribution in [2.24, 2.45) is 0 Å². The van der Waals surface area contributed by atoms with Crippen molar-refractivity contribution in [1.82, 2.24) is 4.90 Å². The van der Waals surface area contributed by atoms with Crippen molar-refractivity contribution in [3.63, 3.8) is 0 Å². The van der Waals surface area contributed by atoms with E-state index in [4.69, 9.17) is 9.47 Å². The zero-order valence-corrected chi connectivity index (χ0v) is 13.2. The second-order valence-electron chi connectivity index (χ2n) is 5.74. The summed E-state index contributed by atoms with van der Waals surface area (Å²) in [6.07, 6.45) is 4.70. The number of rotatable bonds is 4. The highest BCUT2D eigenvalue weighted by Gasteiger charge is 2.19. The minimum Gasteiger partial charge on any atom is -0.493 e. The van der Waals surface area contributed by atoms with Crippen LogP contribution in [-0.2, 0) is 0 Å². The molecule has 0 atom stereocenters. The van der Waals surface area contributed by atoms with E-state index >= 15 is 0 Å². The fourth-order valence-electron chi connectivity index (χ4n) is 2.61. The van der Waals surface area contributed by atoms with E-state index in [9.17, 15) is 4.79 Å². The molecule has 1 amide bonds. The average molecular weight is 291 g/mol. The summed E-state index contributed by atoms with van der Waals surface area (Å²) in [6.45, 7) is 5.64. The van der Waals surface area contributed by atoms with E-state index in [1.807, 2.05) is 30.9 Å². The fraction of sp³-hybridized carbons (Fsp3) is 0.588. The van der Waals surface area contributed by atoms with Crippen LogP contribution in [0.25, 0.3) is 0 Å². The molecule has 116 valence electrons. The second-order valence-corrected chi connectivity index (χ2v) is 5.74. The number of carbonyl (C=O) groups is 1. The topological polar surface area (TPSA) is 38.8 Å². The van der Waals surface area contributed by atoms with Crippen molar-refractivity contribution in [1.29, 1.82) is 0 Å². The van der Waals surface area contributed by atoms with Crippen molar-refractivity contribution < 1.29 is 14.3 Å². The molecule has 1 heterocycles. The van der Waals surface area contributed by atoms with Crippen LogP contribution in [0.4, 0.5) is 0 Å². The maximum absolute atomic E-state index is 12.6. The van der Waals surface area contributed by atoms with Crippen LogP contribution < -0.4 is 9.47 Å². The third-order valence-corrected chi connectivity index (χ3v) is 3.67. The Morgan fingerprint density at radius 3 is 2.33 bits per heavy atom. The molecule has 0 aliphatic carbocycles. The van der Waals surface area contributed by atoms with E-state index in [1.54, 1.807) is 13.2 Å². The molecular formula is C17H25NO3. The van der Waals surface area contributed by atoms with Crippen LogP contribution >= 0.6 is 0 Å². The lowest BCUT2D eigenvalue weighted by Crippen LogP contribution is -2.31. The van der Waals surface area contributed by atoms with Gasteiger partial charge < -0.3 is 14.4 Å². The van der Waals surface area contributed by atoms with Gasteiger partial charge in [0.15, 0.2) is 11.5 Å². The van der Waals surface area contributed by atoms with Gasteiger partial charge in [0.2, 0.25) is 0 Å². The lowest BCUT2D eigenvalue weighted by molar-refractivity contribution is 0.0761. The standard InChI is InChI=1S/C17H25NO3/c1-13(2)21-15-9-8-14(12-16(15)20-3)17(19)18-10-6-4-5-7-11-18/h8-9,12-13H,4-7,10-11H2,1-3H3. The minimum absolute atomic E-state index is 0.0751. The van der Waals surface area contributed by atoms with E-state index < -0.39 is 0 Å². The number of hydrogen-bond donors (Lipinski definition) is 0. The molecule has 0 unspecified atom stereocenters. The Kier molecular flexibility index (Phi) is 5.48. The summed E-state index contributed by atoms with van der Waals surface area (Å²) in [7, 11) is 1.60. The van der Waals surface area contributed by atoms with Gasteiger partial charge in [0.25, 0.3) is 5.91 Å². The number of carbonyl (C=O) groups excluding carboxylic acids is 1. The summed E-state index contributed by atoms with van der Waals surface area (Å²) in [4.78, 5) is 14.5. The van der Waals surface area contributed by atoms with Gasteiger partial charge >= 0.3 is 0 Å². The maximum Gasteiger partial charge on any atom is 0.253 e. The van der Waals surface area contributed by atoms with Crippen LogP contribution in [0.1, 0.15) is 49.9 Å².